The Hall–Kier alpha value is -0.640. The maximum atomic E-state index is 5.81. The van der Waals surface area contributed by atoms with Crippen LogP contribution in [0.5, 0.6) is 0 Å². The zero-order valence-electron chi connectivity index (χ0n) is 12.0. The third kappa shape index (κ3) is 3.51. The molecule has 3 rings (SSSR count). The molecule has 0 spiro atoms. The molecule has 3 nitrogen and oxygen atoms in total. The standard InChI is InChI=1S/C16H24ClN3/c17-16-7-6-13(11-19-16)10-18-12-14-4-3-9-20-8-2-1-5-15(14)20/h6-7,11,14-15,18H,1-5,8-10,12H2/t14-,15+/m0/s1. The van der Waals surface area contributed by atoms with Gasteiger partial charge in [-0.15, -0.1) is 0 Å². The number of hydrogen-bond acceptors (Lipinski definition) is 3. The number of rotatable bonds is 4. The average Bonchev–Trinajstić information content (AvgIpc) is 2.49. The van der Waals surface area contributed by atoms with E-state index < -0.39 is 0 Å². The lowest BCUT2D eigenvalue weighted by molar-refractivity contribution is 0.0593. The second-order valence-corrected chi connectivity index (χ2v) is 6.51. The smallest absolute Gasteiger partial charge is 0.129 e. The minimum absolute atomic E-state index is 0.568. The SMILES string of the molecule is Clc1ccc(CNC[C@@H]2CCCN3CCCC[C@H]23)cn1. The maximum absolute atomic E-state index is 5.81. The summed E-state index contributed by atoms with van der Waals surface area (Å²) in [7, 11) is 0. The van der Waals surface area contributed by atoms with Crippen molar-refractivity contribution >= 4 is 11.6 Å². The van der Waals surface area contributed by atoms with Gasteiger partial charge < -0.3 is 10.2 Å². The third-order valence-electron chi connectivity index (χ3n) is 4.75. The number of nitrogens with one attached hydrogen (secondary N) is 1. The molecule has 1 N–H and O–H groups in total. The quantitative estimate of drug-likeness (QED) is 0.865. The first-order valence-electron chi connectivity index (χ1n) is 7.88. The molecule has 0 saturated carbocycles. The van der Waals surface area contributed by atoms with Crippen LogP contribution in [-0.2, 0) is 6.54 Å². The highest BCUT2D eigenvalue weighted by Gasteiger charge is 2.32. The van der Waals surface area contributed by atoms with Gasteiger partial charge in [-0.25, -0.2) is 4.98 Å². The van der Waals surface area contributed by atoms with E-state index in [4.69, 9.17) is 11.6 Å². The summed E-state index contributed by atoms with van der Waals surface area (Å²) >= 11 is 5.81. The molecule has 2 atom stereocenters. The normalized spacial score (nSPS) is 27.2. The van der Waals surface area contributed by atoms with Crippen molar-refractivity contribution in [3.8, 4) is 0 Å². The van der Waals surface area contributed by atoms with Gasteiger partial charge in [-0.2, -0.15) is 0 Å². The monoisotopic (exact) mass is 293 g/mol. The van der Waals surface area contributed by atoms with Crippen molar-refractivity contribution in [2.24, 2.45) is 5.92 Å². The van der Waals surface area contributed by atoms with Crippen molar-refractivity contribution in [3.63, 3.8) is 0 Å². The predicted octanol–water partition coefficient (Wildman–Crippen LogP) is 3.09. The van der Waals surface area contributed by atoms with E-state index in [1.807, 2.05) is 12.3 Å². The first kappa shape index (κ1) is 14.3. The van der Waals surface area contributed by atoms with Crippen LogP contribution < -0.4 is 5.32 Å². The molecule has 0 bridgehead atoms. The van der Waals surface area contributed by atoms with Gasteiger partial charge in [0.05, 0.1) is 0 Å². The van der Waals surface area contributed by atoms with Gasteiger partial charge in [-0.05, 0) is 62.9 Å². The van der Waals surface area contributed by atoms with Gasteiger partial charge in [-0.1, -0.05) is 24.1 Å². The molecule has 2 aliphatic heterocycles. The Kier molecular flexibility index (Phi) is 4.92. The van der Waals surface area contributed by atoms with Crippen LogP contribution in [0.1, 0.15) is 37.7 Å². The van der Waals surface area contributed by atoms with Crippen LogP contribution in [-0.4, -0.2) is 35.6 Å². The summed E-state index contributed by atoms with van der Waals surface area (Å²) < 4.78 is 0. The van der Waals surface area contributed by atoms with E-state index in [1.54, 1.807) is 0 Å². The third-order valence-corrected chi connectivity index (χ3v) is 4.98. The average molecular weight is 294 g/mol. The Morgan fingerprint density at radius 1 is 1.20 bits per heavy atom. The molecule has 3 heterocycles. The zero-order chi connectivity index (χ0) is 13.8. The highest BCUT2D eigenvalue weighted by atomic mass is 35.5. The molecule has 110 valence electrons. The van der Waals surface area contributed by atoms with Crippen LogP contribution in [0.2, 0.25) is 5.15 Å². The molecule has 0 unspecified atom stereocenters. The summed E-state index contributed by atoms with van der Waals surface area (Å²) in [5.41, 5.74) is 1.21. The van der Waals surface area contributed by atoms with E-state index in [0.29, 0.717) is 5.15 Å². The van der Waals surface area contributed by atoms with Crippen LogP contribution in [0.3, 0.4) is 0 Å². The number of fused-ring (bicyclic) bond motifs is 1. The van der Waals surface area contributed by atoms with E-state index in [9.17, 15) is 0 Å². The van der Waals surface area contributed by atoms with Crippen LogP contribution in [0.15, 0.2) is 18.3 Å². The Morgan fingerprint density at radius 3 is 2.95 bits per heavy atom. The summed E-state index contributed by atoms with van der Waals surface area (Å²) in [4.78, 5) is 6.85. The molecule has 2 saturated heterocycles. The number of aromatic nitrogens is 1. The van der Waals surface area contributed by atoms with Crippen molar-refractivity contribution in [1.29, 1.82) is 0 Å². The van der Waals surface area contributed by atoms with E-state index in [1.165, 1.54) is 50.8 Å². The summed E-state index contributed by atoms with van der Waals surface area (Å²) in [6.07, 6.45) is 8.82. The van der Waals surface area contributed by atoms with Crippen molar-refractivity contribution in [2.75, 3.05) is 19.6 Å². The largest absolute Gasteiger partial charge is 0.312 e. The molecule has 0 radical (unpaired) electrons. The fourth-order valence-electron chi connectivity index (χ4n) is 3.73. The molecule has 1 aromatic rings. The van der Waals surface area contributed by atoms with E-state index in [2.05, 4.69) is 21.3 Å². The van der Waals surface area contributed by atoms with E-state index >= 15 is 0 Å². The zero-order valence-corrected chi connectivity index (χ0v) is 12.8. The Labute approximate surface area is 126 Å². The maximum Gasteiger partial charge on any atom is 0.129 e. The second kappa shape index (κ2) is 6.88. The number of pyridine rings is 1. The molecule has 0 amide bonds. The Morgan fingerprint density at radius 2 is 2.10 bits per heavy atom. The molecule has 4 heteroatoms. The van der Waals surface area contributed by atoms with Crippen molar-refractivity contribution in [3.05, 3.63) is 29.0 Å². The van der Waals surface area contributed by atoms with Gasteiger partial charge in [0, 0.05) is 18.8 Å². The highest BCUT2D eigenvalue weighted by molar-refractivity contribution is 6.29. The van der Waals surface area contributed by atoms with Crippen LogP contribution in [0, 0.1) is 5.92 Å². The molecule has 2 fully saturated rings. The molecule has 0 aromatic carbocycles. The van der Waals surface area contributed by atoms with Crippen molar-refractivity contribution in [1.82, 2.24) is 15.2 Å². The van der Waals surface area contributed by atoms with Gasteiger partial charge in [-0.3, -0.25) is 0 Å². The summed E-state index contributed by atoms with van der Waals surface area (Å²) in [6.45, 7) is 4.67. The Bertz CT molecular complexity index is 418. The lowest BCUT2D eigenvalue weighted by atomic mass is 9.83. The van der Waals surface area contributed by atoms with Gasteiger partial charge in [0.15, 0.2) is 0 Å². The molecule has 20 heavy (non-hydrogen) atoms. The van der Waals surface area contributed by atoms with E-state index in [-0.39, 0.29) is 0 Å². The van der Waals surface area contributed by atoms with Gasteiger partial charge >= 0.3 is 0 Å². The molecule has 1 aromatic heterocycles. The van der Waals surface area contributed by atoms with Crippen LogP contribution >= 0.6 is 11.6 Å². The summed E-state index contributed by atoms with van der Waals surface area (Å²) in [6, 6.07) is 4.74. The van der Waals surface area contributed by atoms with Crippen molar-refractivity contribution < 1.29 is 0 Å². The first-order chi connectivity index (χ1) is 9.83. The van der Waals surface area contributed by atoms with Gasteiger partial charge in [0.1, 0.15) is 5.15 Å². The number of halogens is 1. The first-order valence-corrected chi connectivity index (χ1v) is 8.26. The molecular formula is C16H24ClN3. The van der Waals surface area contributed by atoms with E-state index in [0.717, 1.165) is 25.0 Å². The van der Waals surface area contributed by atoms with Gasteiger partial charge in [0.2, 0.25) is 0 Å². The highest BCUT2D eigenvalue weighted by Crippen LogP contribution is 2.30. The van der Waals surface area contributed by atoms with Crippen LogP contribution in [0.25, 0.3) is 0 Å². The minimum Gasteiger partial charge on any atom is -0.312 e. The topological polar surface area (TPSA) is 28.2 Å². The predicted molar refractivity (Wildman–Crippen MR) is 82.9 cm³/mol. The van der Waals surface area contributed by atoms with Crippen LogP contribution in [0.4, 0.5) is 0 Å². The van der Waals surface area contributed by atoms with Gasteiger partial charge in [0.25, 0.3) is 0 Å². The number of nitrogens with zero attached hydrogens (tertiary/aromatic N) is 2. The lowest BCUT2D eigenvalue weighted by Gasteiger charge is -2.44. The number of hydrogen-bond donors (Lipinski definition) is 1. The van der Waals surface area contributed by atoms with Crippen molar-refractivity contribution in [2.45, 2.75) is 44.7 Å². The summed E-state index contributed by atoms with van der Waals surface area (Å²) in [5, 5.41) is 4.18. The number of piperidine rings is 2. The minimum atomic E-state index is 0.568. The fraction of sp³-hybridized carbons (Fsp3) is 0.688. The molecule has 2 aliphatic rings. The second-order valence-electron chi connectivity index (χ2n) is 6.12. The fourth-order valence-corrected chi connectivity index (χ4v) is 3.84. The molecular weight excluding hydrogens is 270 g/mol. The Balaban J connectivity index is 1.48. The molecule has 0 aliphatic carbocycles. The summed E-state index contributed by atoms with van der Waals surface area (Å²) in [5.74, 6) is 0.823. The lowest BCUT2D eigenvalue weighted by Crippen LogP contribution is -2.50.